The van der Waals surface area contributed by atoms with Crippen molar-refractivity contribution in [3.05, 3.63) is 59.9 Å². The van der Waals surface area contributed by atoms with Crippen LogP contribution in [-0.2, 0) is 0 Å². The number of benzene rings is 1. The first-order valence-electron chi connectivity index (χ1n) is 8.23. The normalized spacial score (nSPS) is 10.5. The number of carbonyl (C=O) groups is 1. The van der Waals surface area contributed by atoms with E-state index in [4.69, 9.17) is 0 Å². The molecule has 0 spiro atoms. The van der Waals surface area contributed by atoms with E-state index in [9.17, 15) is 4.79 Å². The molecule has 0 aliphatic carbocycles. The van der Waals surface area contributed by atoms with Gasteiger partial charge in [0.25, 0.3) is 5.91 Å². The van der Waals surface area contributed by atoms with Crippen molar-refractivity contribution in [2.24, 2.45) is 0 Å². The van der Waals surface area contributed by atoms with E-state index < -0.39 is 0 Å². The molecule has 3 aromatic rings. The average Bonchev–Trinajstić information content (AvgIpc) is 3.15. The number of hydrogen-bond acceptors (Lipinski definition) is 5. The van der Waals surface area contributed by atoms with Gasteiger partial charge in [0.05, 0.1) is 0 Å². The van der Waals surface area contributed by atoms with Gasteiger partial charge in [0, 0.05) is 47.8 Å². The van der Waals surface area contributed by atoms with Crippen LogP contribution in [0.4, 0.5) is 11.4 Å². The Morgan fingerprint density at radius 3 is 2.56 bits per heavy atom. The maximum absolute atomic E-state index is 12.4. The molecule has 2 heterocycles. The standard InChI is InChI=1S/C19H20N4OS/c1-3-23(4-2)16-9-7-15(8-10-16)21-18(24)17-13-25-19(22-17)14-6-5-11-20-12-14/h5-13H,3-4H2,1-2H3,(H,21,24). The molecule has 2 aromatic heterocycles. The van der Waals surface area contributed by atoms with Gasteiger partial charge in [0.15, 0.2) is 0 Å². The van der Waals surface area contributed by atoms with E-state index >= 15 is 0 Å². The topological polar surface area (TPSA) is 58.1 Å². The van der Waals surface area contributed by atoms with Crippen molar-refractivity contribution in [3.63, 3.8) is 0 Å². The molecule has 0 radical (unpaired) electrons. The van der Waals surface area contributed by atoms with Crippen LogP contribution in [0.1, 0.15) is 24.3 Å². The molecular weight excluding hydrogens is 332 g/mol. The van der Waals surface area contributed by atoms with Crippen LogP contribution >= 0.6 is 11.3 Å². The average molecular weight is 352 g/mol. The maximum atomic E-state index is 12.4. The van der Waals surface area contributed by atoms with E-state index in [1.165, 1.54) is 11.3 Å². The molecule has 1 aromatic carbocycles. The number of nitrogens with zero attached hydrogens (tertiary/aromatic N) is 3. The van der Waals surface area contributed by atoms with Crippen LogP contribution in [0.3, 0.4) is 0 Å². The molecule has 0 fully saturated rings. The monoisotopic (exact) mass is 352 g/mol. The number of anilines is 2. The third-order valence-electron chi connectivity index (χ3n) is 3.90. The molecule has 128 valence electrons. The Balaban J connectivity index is 1.69. The van der Waals surface area contributed by atoms with Crippen LogP contribution in [0.15, 0.2) is 54.2 Å². The van der Waals surface area contributed by atoms with E-state index in [0.29, 0.717) is 5.69 Å². The first-order chi connectivity index (χ1) is 12.2. The molecule has 0 saturated carbocycles. The lowest BCUT2D eigenvalue weighted by atomic mass is 10.2. The second-order valence-electron chi connectivity index (χ2n) is 5.45. The molecule has 6 heteroatoms. The molecule has 1 N–H and O–H groups in total. The summed E-state index contributed by atoms with van der Waals surface area (Å²) in [5.74, 6) is -0.207. The summed E-state index contributed by atoms with van der Waals surface area (Å²) < 4.78 is 0. The third kappa shape index (κ3) is 4.03. The van der Waals surface area contributed by atoms with E-state index in [-0.39, 0.29) is 5.91 Å². The van der Waals surface area contributed by atoms with Crippen LogP contribution < -0.4 is 10.2 Å². The van der Waals surface area contributed by atoms with Crippen molar-refractivity contribution in [2.75, 3.05) is 23.3 Å². The molecule has 3 rings (SSSR count). The summed E-state index contributed by atoms with van der Waals surface area (Å²) in [6, 6.07) is 11.7. The highest BCUT2D eigenvalue weighted by molar-refractivity contribution is 7.13. The first kappa shape index (κ1) is 17.1. The minimum Gasteiger partial charge on any atom is -0.372 e. The Kier molecular flexibility index (Phi) is 5.40. The summed E-state index contributed by atoms with van der Waals surface area (Å²) in [6.07, 6.45) is 3.46. The third-order valence-corrected chi connectivity index (χ3v) is 4.79. The summed E-state index contributed by atoms with van der Waals surface area (Å²) in [6.45, 7) is 6.17. The van der Waals surface area contributed by atoms with Gasteiger partial charge in [0.2, 0.25) is 0 Å². The number of rotatable bonds is 6. The number of thiazole rings is 1. The van der Waals surface area contributed by atoms with E-state index in [1.807, 2.05) is 36.4 Å². The summed E-state index contributed by atoms with van der Waals surface area (Å²) in [4.78, 5) is 23.1. The lowest BCUT2D eigenvalue weighted by molar-refractivity contribution is 0.102. The number of pyridine rings is 1. The van der Waals surface area contributed by atoms with Crippen LogP contribution in [-0.4, -0.2) is 29.0 Å². The summed E-state index contributed by atoms with van der Waals surface area (Å²) >= 11 is 1.44. The Morgan fingerprint density at radius 1 is 1.16 bits per heavy atom. The largest absolute Gasteiger partial charge is 0.372 e. The van der Waals surface area contributed by atoms with Crippen LogP contribution in [0.2, 0.25) is 0 Å². The highest BCUT2D eigenvalue weighted by atomic mass is 32.1. The molecule has 0 atom stereocenters. The van der Waals surface area contributed by atoms with Gasteiger partial charge >= 0.3 is 0 Å². The lowest BCUT2D eigenvalue weighted by Gasteiger charge is -2.21. The Morgan fingerprint density at radius 2 is 1.92 bits per heavy atom. The molecule has 0 bridgehead atoms. The van der Waals surface area contributed by atoms with Gasteiger partial charge in [-0.2, -0.15) is 0 Å². The quantitative estimate of drug-likeness (QED) is 0.718. The van der Waals surface area contributed by atoms with Crippen molar-refractivity contribution in [1.29, 1.82) is 0 Å². The van der Waals surface area contributed by atoms with E-state index in [1.54, 1.807) is 17.8 Å². The smallest absolute Gasteiger partial charge is 0.275 e. The minimum atomic E-state index is -0.207. The van der Waals surface area contributed by atoms with Gasteiger partial charge in [-0.1, -0.05) is 0 Å². The van der Waals surface area contributed by atoms with Crippen molar-refractivity contribution in [1.82, 2.24) is 9.97 Å². The maximum Gasteiger partial charge on any atom is 0.275 e. The lowest BCUT2D eigenvalue weighted by Crippen LogP contribution is -2.21. The fraction of sp³-hybridized carbons (Fsp3) is 0.211. The van der Waals surface area contributed by atoms with Crippen molar-refractivity contribution >= 4 is 28.6 Å². The Bertz CT molecular complexity index is 826. The molecule has 25 heavy (non-hydrogen) atoms. The predicted octanol–water partition coefficient (Wildman–Crippen LogP) is 4.30. The summed E-state index contributed by atoms with van der Waals surface area (Å²) in [5.41, 5.74) is 3.24. The zero-order valence-corrected chi connectivity index (χ0v) is 15.1. The van der Waals surface area contributed by atoms with E-state index in [2.05, 4.69) is 34.0 Å². The van der Waals surface area contributed by atoms with Crippen LogP contribution in [0, 0.1) is 0 Å². The van der Waals surface area contributed by atoms with Gasteiger partial charge in [0.1, 0.15) is 10.7 Å². The van der Waals surface area contributed by atoms with Gasteiger partial charge in [-0.3, -0.25) is 9.78 Å². The molecule has 0 unspecified atom stereocenters. The van der Waals surface area contributed by atoms with E-state index in [0.717, 1.165) is 35.0 Å². The van der Waals surface area contributed by atoms with Gasteiger partial charge in [-0.05, 0) is 50.2 Å². The second-order valence-corrected chi connectivity index (χ2v) is 6.31. The number of aromatic nitrogens is 2. The Hall–Kier alpha value is -2.73. The molecular formula is C19H20N4OS. The fourth-order valence-electron chi connectivity index (χ4n) is 2.54. The van der Waals surface area contributed by atoms with Crippen LogP contribution in [0.25, 0.3) is 10.6 Å². The zero-order chi connectivity index (χ0) is 17.6. The molecule has 0 aliphatic rings. The van der Waals surface area contributed by atoms with Gasteiger partial charge in [-0.15, -0.1) is 11.3 Å². The van der Waals surface area contributed by atoms with Gasteiger partial charge < -0.3 is 10.2 Å². The molecule has 1 amide bonds. The highest BCUT2D eigenvalue weighted by Crippen LogP contribution is 2.23. The number of carbonyl (C=O) groups excluding carboxylic acids is 1. The number of hydrogen-bond donors (Lipinski definition) is 1. The predicted molar refractivity (Wildman–Crippen MR) is 103 cm³/mol. The molecule has 0 saturated heterocycles. The second kappa shape index (κ2) is 7.90. The van der Waals surface area contributed by atoms with Crippen LogP contribution in [0.5, 0.6) is 0 Å². The number of amides is 1. The van der Waals surface area contributed by atoms with Crippen molar-refractivity contribution in [2.45, 2.75) is 13.8 Å². The Labute approximate surface area is 151 Å². The van der Waals surface area contributed by atoms with Crippen molar-refractivity contribution in [3.8, 4) is 10.6 Å². The minimum absolute atomic E-state index is 0.207. The molecule has 0 aliphatic heterocycles. The summed E-state index contributed by atoms with van der Waals surface area (Å²) in [5, 5.41) is 5.45. The van der Waals surface area contributed by atoms with Gasteiger partial charge in [-0.25, -0.2) is 4.98 Å². The highest BCUT2D eigenvalue weighted by Gasteiger charge is 2.12. The number of nitrogens with one attached hydrogen (secondary N) is 1. The SMILES string of the molecule is CCN(CC)c1ccc(NC(=O)c2csc(-c3cccnc3)n2)cc1. The fourth-order valence-corrected chi connectivity index (χ4v) is 3.33. The van der Waals surface area contributed by atoms with Crippen molar-refractivity contribution < 1.29 is 4.79 Å². The molecule has 5 nitrogen and oxygen atoms in total. The zero-order valence-electron chi connectivity index (χ0n) is 14.3. The first-order valence-corrected chi connectivity index (χ1v) is 9.11. The summed E-state index contributed by atoms with van der Waals surface area (Å²) in [7, 11) is 0.